The van der Waals surface area contributed by atoms with Gasteiger partial charge in [0.2, 0.25) is 5.91 Å². The van der Waals surface area contributed by atoms with Crippen LogP contribution in [0.15, 0.2) is 76.6 Å². The van der Waals surface area contributed by atoms with Crippen LogP contribution in [0.3, 0.4) is 0 Å². The van der Waals surface area contributed by atoms with Crippen LogP contribution in [0.4, 0.5) is 0 Å². The number of carbonyl (C=O) groups excluding carboxylic acids is 1. The monoisotopic (exact) mass is 389 g/mol. The molecular formula is C21H19N5O3. The van der Waals surface area contributed by atoms with Gasteiger partial charge in [-0.15, -0.1) is 0 Å². The van der Waals surface area contributed by atoms with Crippen LogP contribution >= 0.6 is 0 Å². The fraction of sp³-hybridized carbons (Fsp3) is 0.143. The van der Waals surface area contributed by atoms with Gasteiger partial charge in [-0.1, -0.05) is 36.4 Å². The zero-order valence-electron chi connectivity index (χ0n) is 15.5. The molecule has 0 aliphatic rings. The Labute approximate surface area is 165 Å². The van der Waals surface area contributed by atoms with Crippen LogP contribution in [0.5, 0.6) is 0 Å². The first-order chi connectivity index (χ1) is 14.1. The van der Waals surface area contributed by atoms with Crippen LogP contribution in [-0.2, 0) is 24.4 Å². The normalized spacial score (nSPS) is 10.9. The molecule has 1 amide bonds. The molecule has 0 spiro atoms. The number of hydrogen-bond acceptors (Lipinski definition) is 4. The number of amides is 1. The first-order valence-corrected chi connectivity index (χ1v) is 9.14. The predicted molar refractivity (Wildman–Crippen MR) is 108 cm³/mol. The van der Waals surface area contributed by atoms with Gasteiger partial charge in [-0.25, -0.2) is 4.79 Å². The number of H-pyrrole nitrogens is 1. The molecule has 8 nitrogen and oxygen atoms in total. The summed E-state index contributed by atoms with van der Waals surface area (Å²) in [5, 5.41) is 7.36. The number of nitrogens with one attached hydrogen (secondary N) is 2. The molecule has 0 aliphatic heterocycles. The highest BCUT2D eigenvalue weighted by atomic mass is 16.2. The van der Waals surface area contributed by atoms with E-state index < -0.39 is 11.2 Å². The lowest BCUT2D eigenvalue weighted by molar-refractivity contribution is -0.121. The second-order valence-corrected chi connectivity index (χ2v) is 6.66. The molecule has 0 unspecified atom stereocenters. The predicted octanol–water partition coefficient (Wildman–Crippen LogP) is 1.25. The van der Waals surface area contributed by atoms with Crippen LogP contribution in [0.2, 0.25) is 0 Å². The fourth-order valence-electron chi connectivity index (χ4n) is 3.14. The molecule has 4 rings (SSSR count). The molecule has 0 saturated heterocycles. The molecule has 2 aromatic heterocycles. The van der Waals surface area contributed by atoms with E-state index in [1.54, 1.807) is 30.5 Å². The molecule has 146 valence electrons. The number of hydrogen-bond donors (Lipinski definition) is 2. The summed E-state index contributed by atoms with van der Waals surface area (Å²) >= 11 is 0. The Kier molecular flexibility index (Phi) is 5.07. The third-order valence-electron chi connectivity index (χ3n) is 4.62. The first-order valence-electron chi connectivity index (χ1n) is 9.14. The molecule has 4 aromatic rings. The summed E-state index contributed by atoms with van der Waals surface area (Å²) in [7, 11) is 0. The van der Waals surface area contributed by atoms with E-state index in [2.05, 4.69) is 15.4 Å². The number of rotatable bonds is 6. The molecule has 2 heterocycles. The zero-order valence-corrected chi connectivity index (χ0v) is 15.5. The standard InChI is InChI=1S/C21H19N5O3/c27-19(14-26-18-5-2-1-4-17(18)20(28)24-21(26)29)22-12-15-6-8-16(9-7-15)13-25-11-3-10-23-25/h1-11H,12-14H2,(H,22,27)(H,24,28,29). The number of benzene rings is 2. The van der Waals surface area contributed by atoms with Gasteiger partial charge in [-0.2, -0.15) is 5.10 Å². The topological polar surface area (TPSA) is 102 Å². The van der Waals surface area contributed by atoms with Crippen molar-refractivity contribution in [3.63, 3.8) is 0 Å². The van der Waals surface area contributed by atoms with Crippen molar-refractivity contribution in [1.82, 2.24) is 24.6 Å². The maximum atomic E-state index is 12.4. The summed E-state index contributed by atoms with van der Waals surface area (Å²) in [6, 6.07) is 16.4. The van der Waals surface area contributed by atoms with Crippen LogP contribution in [0.1, 0.15) is 11.1 Å². The molecule has 2 N–H and O–H groups in total. The SMILES string of the molecule is O=C(Cn1c(=O)[nH]c(=O)c2ccccc21)NCc1ccc(Cn2cccn2)cc1. The highest BCUT2D eigenvalue weighted by Gasteiger charge is 2.10. The van der Waals surface area contributed by atoms with Gasteiger partial charge in [-0.3, -0.25) is 23.8 Å². The average Bonchev–Trinajstić information content (AvgIpc) is 3.24. The van der Waals surface area contributed by atoms with Crippen molar-refractivity contribution >= 4 is 16.8 Å². The molecule has 8 heteroatoms. The highest BCUT2D eigenvalue weighted by molar-refractivity contribution is 5.81. The third kappa shape index (κ3) is 4.16. The van der Waals surface area contributed by atoms with Crippen LogP contribution in [-0.4, -0.2) is 25.2 Å². The van der Waals surface area contributed by atoms with Gasteiger partial charge in [0.25, 0.3) is 5.56 Å². The fourth-order valence-corrected chi connectivity index (χ4v) is 3.14. The zero-order chi connectivity index (χ0) is 20.2. The molecule has 0 bridgehead atoms. The smallest absolute Gasteiger partial charge is 0.329 e. The number of fused-ring (bicyclic) bond motifs is 1. The number of carbonyl (C=O) groups is 1. The Morgan fingerprint density at radius 3 is 2.52 bits per heavy atom. The largest absolute Gasteiger partial charge is 0.350 e. The number of para-hydroxylation sites is 1. The van der Waals surface area contributed by atoms with E-state index in [1.165, 1.54) is 4.57 Å². The van der Waals surface area contributed by atoms with E-state index in [9.17, 15) is 14.4 Å². The van der Waals surface area contributed by atoms with Crippen molar-refractivity contribution in [2.45, 2.75) is 19.6 Å². The minimum absolute atomic E-state index is 0.173. The maximum Gasteiger partial charge on any atom is 0.329 e. The Bertz CT molecular complexity index is 1250. The Morgan fingerprint density at radius 1 is 1.00 bits per heavy atom. The summed E-state index contributed by atoms with van der Waals surface area (Å²) in [6.45, 7) is 0.853. The second kappa shape index (κ2) is 7.97. The maximum absolute atomic E-state index is 12.4. The molecule has 29 heavy (non-hydrogen) atoms. The van der Waals surface area contributed by atoms with Crippen LogP contribution in [0, 0.1) is 0 Å². The van der Waals surface area contributed by atoms with Crippen molar-refractivity contribution in [3.8, 4) is 0 Å². The van der Waals surface area contributed by atoms with Gasteiger partial charge in [0.1, 0.15) is 6.54 Å². The van der Waals surface area contributed by atoms with Gasteiger partial charge in [0, 0.05) is 18.9 Å². The highest BCUT2D eigenvalue weighted by Crippen LogP contribution is 2.08. The van der Waals surface area contributed by atoms with Crippen molar-refractivity contribution < 1.29 is 4.79 Å². The van der Waals surface area contributed by atoms with Gasteiger partial charge in [0.05, 0.1) is 17.4 Å². The Morgan fingerprint density at radius 2 is 1.76 bits per heavy atom. The van der Waals surface area contributed by atoms with Crippen LogP contribution < -0.4 is 16.6 Å². The minimum atomic E-state index is -0.605. The Balaban J connectivity index is 1.41. The lowest BCUT2D eigenvalue weighted by Crippen LogP contribution is -2.36. The molecule has 0 aliphatic carbocycles. The number of nitrogens with zero attached hydrogens (tertiary/aromatic N) is 3. The van der Waals surface area contributed by atoms with E-state index in [1.807, 2.05) is 41.2 Å². The lowest BCUT2D eigenvalue weighted by atomic mass is 10.1. The Hall–Kier alpha value is -3.94. The van der Waals surface area contributed by atoms with Crippen molar-refractivity contribution in [2.24, 2.45) is 0 Å². The van der Waals surface area contributed by atoms with Crippen molar-refractivity contribution in [1.29, 1.82) is 0 Å². The minimum Gasteiger partial charge on any atom is -0.350 e. The van der Waals surface area contributed by atoms with E-state index >= 15 is 0 Å². The van der Waals surface area contributed by atoms with E-state index in [0.717, 1.165) is 11.1 Å². The van der Waals surface area contributed by atoms with Gasteiger partial charge < -0.3 is 5.32 Å². The molecular weight excluding hydrogens is 370 g/mol. The summed E-state index contributed by atoms with van der Waals surface area (Å²) in [5.74, 6) is -0.315. The quantitative estimate of drug-likeness (QED) is 0.518. The van der Waals surface area contributed by atoms with Gasteiger partial charge in [-0.05, 0) is 29.3 Å². The van der Waals surface area contributed by atoms with Crippen molar-refractivity contribution in [2.75, 3.05) is 0 Å². The summed E-state index contributed by atoms with van der Waals surface area (Å²) in [5.41, 5.74) is 1.42. The molecule has 0 radical (unpaired) electrons. The van der Waals surface area contributed by atoms with E-state index in [-0.39, 0.29) is 12.5 Å². The third-order valence-corrected chi connectivity index (χ3v) is 4.62. The van der Waals surface area contributed by atoms with Gasteiger partial charge >= 0.3 is 5.69 Å². The van der Waals surface area contributed by atoms with E-state index in [4.69, 9.17) is 0 Å². The van der Waals surface area contributed by atoms with Crippen LogP contribution in [0.25, 0.3) is 10.9 Å². The molecule has 0 atom stereocenters. The summed E-state index contributed by atoms with van der Waals surface area (Å²) in [6.07, 6.45) is 3.64. The molecule has 0 fully saturated rings. The number of aromatic nitrogens is 4. The average molecular weight is 389 g/mol. The van der Waals surface area contributed by atoms with Crippen molar-refractivity contribution in [3.05, 3.63) is 99.0 Å². The molecule has 0 saturated carbocycles. The second-order valence-electron chi connectivity index (χ2n) is 6.66. The summed E-state index contributed by atoms with van der Waals surface area (Å²) in [4.78, 5) is 38.7. The van der Waals surface area contributed by atoms with Gasteiger partial charge in [0.15, 0.2) is 0 Å². The van der Waals surface area contributed by atoms with E-state index in [0.29, 0.717) is 24.0 Å². The first kappa shape index (κ1) is 18.4. The number of aromatic amines is 1. The summed E-state index contributed by atoms with van der Waals surface area (Å²) < 4.78 is 3.10. The molecule has 2 aromatic carbocycles. The lowest BCUT2D eigenvalue weighted by Gasteiger charge is -2.10.